The standard InChI is InChI=1S/C72H118N4O53/c1-19-41(95)49(103)50(104)65(113-19)124-59-40(76-23(5)88)64(119-35(17-84)56(59)123-68-53(107)62(46(100)33(15-82)117-68)129-72(70(110)111)9-31(115-25(7)90)38(74-21(3)86)58(127-72)44(98)28(93)12-79)125-60-47(101)36(120-66(51(60)105)121-54(29(94)13-80)42(96)26(91)10-77)18-112-63-39(75-22(4)87)48(102)55(34(16-83)118-63)122-67-52(106)61(45(99)32(14-81)116-67)128-71(69(108)109)8-30(114-24(6)89)37(73-20(2)85)57(126-71)43(97)27(92)11-78/h19,26-68,77-84,91-107H,8-18H2,1-7H3,(H,73,85)(H,74,86)(H,75,87)(H,76,88)(H,108,109)(H,110,111)/t19-,26-,27+,28+,29+,30-,31-,32+,33+,34+,35+,36+,37+,38+,39+,40+,41+,42+,43+,44+,45-,46-,47-,48+,49+,50-,51+,52+,53+,54+,55+,56+,57+,58+,59+,60-,61-,62-,63+,64-,65-,66-,67-,68-,71-,72-/m0/s1. The summed E-state index contributed by atoms with van der Waals surface area (Å²) in [5.41, 5.74) is 0. The van der Waals surface area contributed by atoms with Crippen LogP contribution in [0.5, 0.6) is 0 Å². The molecule has 744 valence electrons. The van der Waals surface area contributed by atoms with Crippen LogP contribution in [0.2, 0.25) is 0 Å². The van der Waals surface area contributed by atoms with E-state index in [9.17, 15) is 176 Å². The van der Waals surface area contributed by atoms with E-state index in [0.717, 1.165) is 48.5 Å². The minimum atomic E-state index is -3.43. The van der Waals surface area contributed by atoms with Crippen LogP contribution in [0.25, 0.3) is 0 Å². The van der Waals surface area contributed by atoms with Crippen molar-refractivity contribution in [2.45, 2.75) is 342 Å². The topological polar surface area (TPSA) is 897 Å². The smallest absolute Gasteiger partial charge is 0.364 e. The fraction of sp³-hybridized carbons (Fsp3) is 0.889. The summed E-state index contributed by atoms with van der Waals surface area (Å²) < 4.78 is 106. The Hall–Kier alpha value is -5.88. The van der Waals surface area contributed by atoms with Crippen LogP contribution in [0.4, 0.5) is 0 Å². The number of esters is 2. The molecule has 8 rings (SSSR count). The summed E-state index contributed by atoms with van der Waals surface area (Å²) in [4.78, 5) is 104. The van der Waals surface area contributed by atoms with Gasteiger partial charge in [0.15, 0.2) is 37.7 Å². The van der Waals surface area contributed by atoms with Gasteiger partial charge in [-0.3, -0.25) is 28.8 Å². The third-order valence-electron chi connectivity index (χ3n) is 22.5. The number of carboxylic acids is 2. The zero-order valence-corrected chi connectivity index (χ0v) is 69.9. The first-order valence-electron chi connectivity index (χ1n) is 40.4. The molecule has 8 aliphatic rings. The fourth-order valence-electron chi connectivity index (χ4n) is 16.0. The summed E-state index contributed by atoms with van der Waals surface area (Å²) in [5.74, 6) is -17.5. The lowest BCUT2D eigenvalue weighted by Gasteiger charge is -2.52. The molecule has 0 aromatic rings. The van der Waals surface area contributed by atoms with Crippen molar-refractivity contribution in [2.75, 3.05) is 59.5 Å². The molecule has 0 radical (unpaired) electrons. The van der Waals surface area contributed by atoms with Crippen LogP contribution in [0.3, 0.4) is 0 Å². The highest BCUT2D eigenvalue weighted by Crippen LogP contribution is 2.44. The first kappa shape index (κ1) is 108. The number of carbonyl (C=O) groups excluding carboxylic acids is 6. The minimum absolute atomic E-state index is 0.824. The van der Waals surface area contributed by atoms with Crippen molar-refractivity contribution in [1.29, 1.82) is 0 Å². The number of aliphatic hydroxyl groups excluding tert-OH is 25. The predicted octanol–water partition coefficient (Wildman–Crippen LogP) is -19.8. The average molecular weight is 1890 g/mol. The summed E-state index contributed by atoms with van der Waals surface area (Å²) >= 11 is 0. The van der Waals surface area contributed by atoms with Gasteiger partial charge in [0, 0.05) is 41.5 Å². The second kappa shape index (κ2) is 47.1. The molecule has 46 atom stereocenters. The molecule has 129 heavy (non-hydrogen) atoms. The molecule has 8 heterocycles. The molecule has 0 bridgehead atoms. The molecule has 0 unspecified atom stereocenters. The summed E-state index contributed by atoms with van der Waals surface area (Å²) in [6.07, 6.45) is -94.4. The summed E-state index contributed by atoms with van der Waals surface area (Å²) in [6, 6.07) is -7.85. The molecule has 8 fully saturated rings. The Labute approximate surface area is 730 Å². The van der Waals surface area contributed by atoms with Gasteiger partial charge >= 0.3 is 23.9 Å². The summed E-state index contributed by atoms with van der Waals surface area (Å²) in [6.45, 7) is -5.30. The highest BCUT2D eigenvalue weighted by molar-refractivity contribution is 5.78. The Morgan fingerprint density at radius 1 is 0.364 bits per heavy atom. The van der Waals surface area contributed by atoms with Crippen molar-refractivity contribution in [3.63, 3.8) is 0 Å². The molecule has 4 amide bonds. The molecule has 57 heteroatoms. The zero-order chi connectivity index (χ0) is 96.4. The Balaban J connectivity index is 1.15. The first-order valence-corrected chi connectivity index (χ1v) is 40.4. The number of hydrogen-bond donors (Lipinski definition) is 31. The van der Waals surface area contributed by atoms with Gasteiger partial charge in [0.1, 0.15) is 214 Å². The second-order valence-electron chi connectivity index (χ2n) is 31.9. The van der Waals surface area contributed by atoms with Crippen molar-refractivity contribution < 1.29 is 261 Å². The van der Waals surface area contributed by atoms with Crippen LogP contribution in [-0.4, -0.2) is 526 Å². The highest BCUT2D eigenvalue weighted by Gasteiger charge is 2.66. The number of rotatable bonds is 40. The van der Waals surface area contributed by atoms with E-state index in [1.165, 1.54) is 0 Å². The zero-order valence-electron chi connectivity index (χ0n) is 69.9. The van der Waals surface area contributed by atoms with E-state index < -0.39 is 401 Å². The SMILES string of the molecule is CC(=O)N[C@H]1[C@H](OC[C@H]2O[C@@H](O[C@@H]([C@H](O)[C@@H](O)CO)[C@H](O)CO)[C@H](O)[C@@H](O[C@@H]3O[C@H](CO)[C@@H](O[C@@H]4O[C@H](CO)[C@H](O)[C@H](O[C@]5(C(=O)O)C[C@H](OC(C)=O)[C@@H](NC(C)=O)[C@H]([C@H](O)[C@H](O)CO)O5)[C@H]4O)[C@H](O[C@@H]4O[C@@H](C)[C@@H](O)[C@@H](O)[C@@H]4O)[C@H]3NC(C)=O)[C@H]2O)O[C@H](CO)[C@@H](O[C@@H]2O[C@H](CO)[C@H](O)[C@H](O[C@]3(C(=O)O)C[C@H](OC(C)=O)[C@@H](NC(C)=O)[C@H]([C@H](O)[C@H](O)CO)O3)[C@H]2O)[C@@H]1O. The van der Waals surface area contributed by atoms with E-state index in [1.807, 2.05) is 0 Å². The maximum atomic E-state index is 13.7. The molecule has 0 spiro atoms. The monoisotopic (exact) mass is 1890 g/mol. The quantitative estimate of drug-likeness (QED) is 0.0253. The number of carbonyl (C=O) groups is 8. The molecule has 0 aromatic heterocycles. The largest absolute Gasteiger partial charge is 0.477 e. The van der Waals surface area contributed by atoms with Crippen LogP contribution < -0.4 is 21.3 Å². The van der Waals surface area contributed by atoms with Crippen molar-refractivity contribution in [1.82, 2.24) is 21.3 Å². The maximum Gasteiger partial charge on any atom is 0.364 e. The van der Waals surface area contributed by atoms with Crippen LogP contribution in [-0.2, 0) is 124 Å². The molecule has 0 aromatic carbocycles. The van der Waals surface area contributed by atoms with E-state index in [4.69, 9.17) is 85.3 Å². The molecule has 57 nitrogen and oxygen atoms in total. The van der Waals surface area contributed by atoms with E-state index in [0.29, 0.717) is 0 Å². The fourth-order valence-corrected chi connectivity index (χ4v) is 16.0. The van der Waals surface area contributed by atoms with Crippen LogP contribution in [0.15, 0.2) is 0 Å². The van der Waals surface area contributed by atoms with Gasteiger partial charge < -0.3 is 244 Å². The molecular formula is C72H118N4O53. The van der Waals surface area contributed by atoms with Gasteiger partial charge in [-0.05, 0) is 6.92 Å². The van der Waals surface area contributed by atoms with Gasteiger partial charge in [-0.1, -0.05) is 0 Å². The minimum Gasteiger partial charge on any atom is -0.477 e. The molecule has 8 saturated heterocycles. The Bertz CT molecular complexity index is 3630. The Kier molecular flexibility index (Phi) is 39.6. The van der Waals surface area contributed by atoms with Gasteiger partial charge in [0.2, 0.25) is 23.6 Å². The lowest BCUT2D eigenvalue weighted by Crippen LogP contribution is -2.72. The molecule has 31 N–H and O–H groups in total. The number of amides is 4. The molecule has 0 aliphatic carbocycles. The molecule has 8 aliphatic heterocycles. The highest BCUT2D eigenvalue weighted by atomic mass is 16.8. The van der Waals surface area contributed by atoms with E-state index in [2.05, 4.69) is 21.3 Å². The number of ether oxygens (including phenoxy) is 18. The van der Waals surface area contributed by atoms with E-state index >= 15 is 0 Å². The van der Waals surface area contributed by atoms with Crippen LogP contribution in [0.1, 0.15) is 61.3 Å². The number of aliphatic hydroxyl groups is 25. The number of aliphatic carboxylic acids is 2. The van der Waals surface area contributed by atoms with E-state index in [1.54, 1.807) is 0 Å². The van der Waals surface area contributed by atoms with Crippen LogP contribution in [0, 0.1) is 0 Å². The van der Waals surface area contributed by atoms with Crippen molar-refractivity contribution in [3.05, 3.63) is 0 Å². The normalized spacial score (nSPS) is 42.3. The Morgan fingerprint density at radius 2 is 0.729 bits per heavy atom. The van der Waals surface area contributed by atoms with Crippen LogP contribution >= 0.6 is 0 Å². The number of carboxylic acid groups (broad SMARTS) is 2. The number of hydrogen-bond acceptors (Lipinski definition) is 51. The third kappa shape index (κ3) is 25.1. The first-order chi connectivity index (χ1) is 60.6. The van der Waals surface area contributed by atoms with Gasteiger partial charge in [0.25, 0.3) is 11.6 Å². The number of nitrogens with one attached hydrogen (secondary N) is 4. The lowest BCUT2D eigenvalue weighted by atomic mass is 9.87. The summed E-state index contributed by atoms with van der Waals surface area (Å²) in [7, 11) is 0. The van der Waals surface area contributed by atoms with Gasteiger partial charge in [-0.25, -0.2) is 9.59 Å². The van der Waals surface area contributed by atoms with Gasteiger partial charge in [-0.15, -0.1) is 0 Å². The van der Waals surface area contributed by atoms with Crippen molar-refractivity contribution in [3.8, 4) is 0 Å². The molecule has 0 saturated carbocycles. The summed E-state index contributed by atoms with van der Waals surface area (Å²) in [5, 5.41) is 310. The third-order valence-corrected chi connectivity index (χ3v) is 22.5. The molecular weight excluding hydrogens is 1770 g/mol. The van der Waals surface area contributed by atoms with Gasteiger partial charge in [-0.2, -0.15) is 0 Å². The average Bonchev–Trinajstić information content (AvgIpc) is 0.751. The Morgan fingerprint density at radius 3 is 1.15 bits per heavy atom. The predicted molar refractivity (Wildman–Crippen MR) is 398 cm³/mol. The lowest BCUT2D eigenvalue weighted by molar-refractivity contribution is -0.399. The van der Waals surface area contributed by atoms with Gasteiger partial charge in [0.05, 0.1) is 90.5 Å². The maximum absolute atomic E-state index is 13.7. The van der Waals surface area contributed by atoms with E-state index in [-0.39, 0.29) is 0 Å². The second-order valence-corrected chi connectivity index (χ2v) is 31.9. The van der Waals surface area contributed by atoms with Crippen molar-refractivity contribution in [2.24, 2.45) is 0 Å². The van der Waals surface area contributed by atoms with Crippen molar-refractivity contribution >= 4 is 47.5 Å².